The molecule has 2 N–H and O–H groups in total. The van der Waals surface area contributed by atoms with Crippen LogP contribution in [0.3, 0.4) is 0 Å². The molecule has 0 radical (unpaired) electrons. The number of aromatic nitrogens is 1. The first-order valence-electron chi connectivity index (χ1n) is 6.50. The van der Waals surface area contributed by atoms with Crippen molar-refractivity contribution in [1.82, 2.24) is 10.3 Å². The van der Waals surface area contributed by atoms with Crippen LogP contribution < -0.4 is 10.6 Å². The van der Waals surface area contributed by atoms with Gasteiger partial charge in [-0.15, -0.1) is 0 Å². The molecule has 1 aromatic carbocycles. The molecule has 0 aliphatic rings. The smallest absolute Gasteiger partial charge is 0.225 e. The fraction of sp³-hybridized carbons (Fsp3) is 0.200. The van der Waals surface area contributed by atoms with Gasteiger partial charge in [0.15, 0.2) is 0 Å². The minimum Gasteiger partial charge on any atom is -0.326 e. The molecule has 21 heavy (non-hydrogen) atoms. The minimum atomic E-state index is -0.0816. The highest BCUT2D eigenvalue weighted by Crippen LogP contribution is 2.24. The fourth-order valence-electron chi connectivity index (χ4n) is 1.72. The van der Waals surface area contributed by atoms with Gasteiger partial charge >= 0.3 is 0 Å². The van der Waals surface area contributed by atoms with Crippen molar-refractivity contribution in [2.24, 2.45) is 0 Å². The Bertz CT molecular complexity index is 605. The summed E-state index contributed by atoms with van der Waals surface area (Å²) < 4.78 is 0. The van der Waals surface area contributed by atoms with Crippen molar-refractivity contribution >= 4 is 34.8 Å². The highest BCUT2D eigenvalue weighted by Gasteiger charge is 2.04. The van der Waals surface area contributed by atoms with E-state index in [1.807, 2.05) is 18.2 Å². The van der Waals surface area contributed by atoms with E-state index in [-0.39, 0.29) is 5.91 Å². The van der Waals surface area contributed by atoms with Crippen molar-refractivity contribution < 1.29 is 4.79 Å². The van der Waals surface area contributed by atoms with Crippen molar-refractivity contribution in [2.75, 3.05) is 11.9 Å². The predicted molar refractivity (Wildman–Crippen MR) is 85.7 cm³/mol. The Labute approximate surface area is 133 Å². The summed E-state index contributed by atoms with van der Waals surface area (Å²) in [5, 5.41) is 6.82. The summed E-state index contributed by atoms with van der Waals surface area (Å²) >= 11 is 11.7. The topological polar surface area (TPSA) is 54.0 Å². The maximum absolute atomic E-state index is 11.8. The number of benzene rings is 1. The molecule has 0 saturated carbocycles. The molecular weight excluding hydrogens is 309 g/mol. The molecule has 0 atom stereocenters. The molecule has 110 valence electrons. The van der Waals surface area contributed by atoms with E-state index >= 15 is 0 Å². The first-order chi connectivity index (χ1) is 10.1. The van der Waals surface area contributed by atoms with Crippen molar-refractivity contribution in [3.63, 3.8) is 0 Å². The molecule has 1 aromatic heterocycles. The van der Waals surface area contributed by atoms with E-state index in [2.05, 4.69) is 15.6 Å². The van der Waals surface area contributed by atoms with E-state index in [9.17, 15) is 4.79 Å². The zero-order chi connectivity index (χ0) is 15.1. The van der Waals surface area contributed by atoms with E-state index < -0.39 is 0 Å². The second kappa shape index (κ2) is 7.98. The summed E-state index contributed by atoms with van der Waals surface area (Å²) in [5.74, 6) is -0.0816. The van der Waals surface area contributed by atoms with Gasteiger partial charge in [0.1, 0.15) is 0 Å². The molecule has 0 saturated heterocycles. The zero-order valence-electron chi connectivity index (χ0n) is 11.3. The fourth-order valence-corrected chi connectivity index (χ4v) is 2.02. The Morgan fingerprint density at radius 3 is 2.71 bits per heavy atom. The van der Waals surface area contributed by atoms with Crippen LogP contribution in [0.5, 0.6) is 0 Å². The molecule has 0 fully saturated rings. The number of pyridine rings is 1. The number of hydrogen-bond acceptors (Lipinski definition) is 3. The van der Waals surface area contributed by atoms with Crippen LogP contribution in [0.15, 0.2) is 42.6 Å². The van der Waals surface area contributed by atoms with Gasteiger partial charge in [0, 0.05) is 31.4 Å². The Morgan fingerprint density at radius 1 is 1.14 bits per heavy atom. The molecule has 0 aliphatic heterocycles. The van der Waals surface area contributed by atoms with Gasteiger partial charge in [-0.2, -0.15) is 0 Å². The Morgan fingerprint density at radius 2 is 2.00 bits per heavy atom. The summed E-state index contributed by atoms with van der Waals surface area (Å²) in [6.45, 7) is 1.21. The molecule has 0 bridgehead atoms. The molecule has 0 aliphatic carbocycles. The highest BCUT2D eigenvalue weighted by molar-refractivity contribution is 6.42. The second-order valence-corrected chi connectivity index (χ2v) is 5.24. The average molecular weight is 324 g/mol. The van der Waals surface area contributed by atoms with Gasteiger partial charge in [-0.1, -0.05) is 29.3 Å². The number of hydrogen-bond donors (Lipinski definition) is 2. The van der Waals surface area contributed by atoms with Crippen molar-refractivity contribution in [2.45, 2.75) is 13.0 Å². The monoisotopic (exact) mass is 323 g/mol. The van der Waals surface area contributed by atoms with Crippen LogP contribution in [-0.2, 0) is 11.3 Å². The summed E-state index contributed by atoms with van der Waals surface area (Å²) in [6, 6.07) is 10.7. The standard InChI is InChI=1S/C15H15Cl2N3O/c16-13-5-4-11(9-14(13)17)20-15(21)6-8-18-10-12-3-1-2-7-19-12/h1-5,7,9,18H,6,8,10H2,(H,20,21). The van der Waals surface area contributed by atoms with E-state index in [0.29, 0.717) is 35.2 Å². The molecule has 6 heteroatoms. The molecule has 1 amide bonds. The Kier molecular flexibility index (Phi) is 5.99. The second-order valence-electron chi connectivity index (χ2n) is 4.42. The van der Waals surface area contributed by atoms with Crippen LogP contribution in [0, 0.1) is 0 Å². The van der Waals surface area contributed by atoms with Crippen LogP contribution in [0.1, 0.15) is 12.1 Å². The summed E-state index contributed by atoms with van der Waals surface area (Å²) in [5.41, 5.74) is 1.58. The van der Waals surface area contributed by atoms with Gasteiger partial charge < -0.3 is 10.6 Å². The number of anilines is 1. The molecule has 2 aromatic rings. The molecular formula is C15H15Cl2N3O. The normalized spacial score (nSPS) is 10.4. The maximum atomic E-state index is 11.8. The number of rotatable bonds is 6. The molecule has 4 nitrogen and oxygen atoms in total. The van der Waals surface area contributed by atoms with Gasteiger partial charge in [-0.3, -0.25) is 9.78 Å². The van der Waals surface area contributed by atoms with Crippen LogP contribution in [0.4, 0.5) is 5.69 Å². The van der Waals surface area contributed by atoms with Gasteiger partial charge in [-0.05, 0) is 30.3 Å². The van der Waals surface area contributed by atoms with Crippen LogP contribution in [0.25, 0.3) is 0 Å². The quantitative estimate of drug-likeness (QED) is 0.800. The van der Waals surface area contributed by atoms with Crippen molar-refractivity contribution in [1.29, 1.82) is 0 Å². The van der Waals surface area contributed by atoms with E-state index in [4.69, 9.17) is 23.2 Å². The third-order valence-electron chi connectivity index (χ3n) is 2.76. The predicted octanol–water partition coefficient (Wildman–Crippen LogP) is 3.51. The third-order valence-corrected chi connectivity index (χ3v) is 3.50. The maximum Gasteiger partial charge on any atom is 0.225 e. The number of halogens is 2. The van der Waals surface area contributed by atoms with Gasteiger partial charge in [0.05, 0.1) is 15.7 Å². The van der Waals surface area contributed by atoms with Crippen LogP contribution in [0.2, 0.25) is 10.0 Å². The first-order valence-corrected chi connectivity index (χ1v) is 7.26. The van der Waals surface area contributed by atoms with Crippen molar-refractivity contribution in [3.8, 4) is 0 Å². The van der Waals surface area contributed by atoms with E-state index in [1.165, 1.54) is 0 Å². The zero-order valence-corrected chi connectivity index (χ0v) is 12.8. The summed E-state index contributed by atoms with van der Waals surface area (Å²) in [7, 11) is 0. The van der Waals surface area contributed by atoms with Crippen molar-refractivity contribution in [3.05, 3.63) is 58.3 Å². The van der Waals surface area contributed by atoms with Gasteiger partial charge in [0.25, 0.3) is 0 Å². The minimum absolute atomic E-state index is 0.0816. The lowest BCUT2D eigenvalue weighted by atomic mass is 10.3. The number of carbonyl (C=O) groups is 1. The molecule has 0 spiro atoms. The summed E-state index contributed by atoms with van der Waals surface area (Å²) in [4.78, 5) is 16.0. The largest absolute Gasteiger partial charge is 0.326 e. The highest BCUT2D eigenvalue weighted by atomic mass is 35.5. The number of carbonyl (C=O) groups excluding carboxylic acids is 1. The first kappa shape index (κ1) is 15.8. The van der Waals surface area contributed by atoms with Crippen LogP contribution in [-0.4, -0.2) is 17.4 Å². The third kappa shape index (κ3) is 5.34. The Balaban J connectivity index is 1.71. The van der Waals surface area contributed by atoms with Gasteiger partial charge in [-0.25, -0.2) is 0 Å². The lowest BCUT2D eigenvalue weighted by Gasteiger charge is -2.07. The molecule has 1 heterocycles. The number of nitrogens with zero attached hydrogens (tertiary/aromatic N) is 1. The van der Waals surface area contributed by atoms with Crippen LogP contribution >= 0.6 is 23.2 Å². The Hall–Kier alpha value is -1.62. The lowest BCUT2D eigenvalue weighted by molar-refractivity contribution is -0.116. The number of nitrogens with one attached hydrogen (secondary N) is 2. The summed E-state index contributed by atoms with van der Waals surface area (Å²) in [6.07, 6.45) is 2.11. The average Bonchev–Trinajstić information content (AvgIpc) is 2.49. The SMILES string of the molecule is O=C(CCNCc1ccccn1)Nc1ccc(Cl)c(Cl)c1. The molecule has 2 rings (SSSR count). The lowest BCUT2D eigenvalue weighted by Crippen LogP contribution is -2.21. The van der Waals surface area contributed by atoms with Gasteiger partial charge in [0.2, 0.25) is 5.91 Å². The van der Waals surface area contributed by atoms with E-state index in [1.54, 1.807) is 24.4 Å². The number of amides is 1. The molecule has 0 unspecified atom stereocenters. The van der Waals surface area contributed by atoms with E-state index in [0.717, 1.165) is 5.69 Å².